The van der Waals surface area contributed by atoms with Crippen LogP contribution in [0.3, 0.4) is 0 Å². The number of hydrogen-bond donors (Lipinski definition) is 0. The van der Waals surface area contributed by atoms with Crippen LogP contribution in [0.4, 0.5) is 0 Å². The van der Waals surface area contributed by atoms with Gasteiger partial charge < -0.3 is 4.90 Å². The number of sulfone groups is 1. The molecule has 128 valence electrons. The summed E-state index contributed by atoms with van der Waals surface area (Å²) in [5.41, 5.74) is 1.76. The standard InChI is InChI=1S/C18H27NO3S/c1-13-6-5-7-17(9-13)12-23(21,22)16(4)18(20)19-10-14(2)8-15(3)11-19/h5-7,9,14-16H,8,10-12H2,1-4H3/t14-,15+,16-/m0/s1. The van der Waals surface area contributed by atoms with Crippen LogP contribution in [0.25, 0.3) is 0 Å². The van der Waals surface area contributed by atoms with Crippen LogP contribution < -0.4 is 0 Å². The van der Waals surface area contributed by atoms with E-state index in [9.17, 15) is 13.2 Å². The molecule has 1 fully saturated rings. The van der Waals surface area contributed by atoms with E-state index in [4.69, 9.17) is 0 Å². The molecule has 0 aromatic heterocycles. The summed E-state index contributed by atoms with van der Waals surface area (Å²) < 4.78 is 25.2. The fraction of sp³-hybridized carbons (Fsp3) is 0.611. The predicted octanol–water partition coefficient (Wildman–Crippen LogP) is 2.80. The molecule has 0 saturated carbocycles. The van der Waals surface area contributed by atoms with Gasteiger partial charge in [0, 0.05) is 13.1 Å². The number of amides is 1. The highest BCUT2D eigenvalue weighted by Gasteiger charge is 2.34. The largest absolute Gasteiger partial charge is 0.341 e. The van der Waals surface area contributed by atoms with Gasteiger partial charge in [0.2, 0.25) is 5.91 Å². The molecule has 2 rings (SSSR count). The second-order valence-corrected chi connectivity index (χ2v) is 9.45. The zero-order chi connectivity index (χ0) is 17.2. The highest BCUT2D eigenvalue weighted by molar-refractivity contribution is 7.92. The molecule has 0 aliphatic carbocycles. The molecule has 1 amide bonds. The summed E-state index contributed by atoms with van der Waals surface area (Å²) in [6, 6.07) is 7.44. The molecule has 0 bridgehead atoms. The Bertz CT molecular complexity index is 659. The van der Waals surface area contributed by atoms with Crippen LogP contribution in [0.15, 0.2) is 24.3 Å². The number of piperidine rings is 1. The highest BCUT2D eigenvalue weighted by Crippen LogP contribution is 2.23. The molecule has 0 radical (unpaired) electrons. The minimum atomic E-state index is -3.50. The minimum absolute atomic E-state index is 0.0828. The Balaban J connectivity index is 2.11. The number of hydrogen-bond acceptors (Lipinski definition) is 3. The molecule has 1 heterocycles. The van der Waals surface area contributed by atoms with Gasteiger partial charge in [-0.3, -0.25) is 4.79 Å². The maximum Gasteiger partial charge on any atom is 0.240 e. The number of likely N-dealkylation sites (tertiary alicyclic amines) is 1. The van der Waals surface area contributed by atoms with E-state index in [0.717, 1.165) is 17.5 Å². The summed E-state index contributed by atoms with van der Waals surface area (Å²) in [7, 11) is -3.50. The molecule has 0 spiro atoms. The fourth-order valence-electron chi connectivity index (χ4n) is 3.41. The van der Waals surface area contributed by atoms with Crippen LogP contribution in [0, 0.1) is 18.8 Å². The van der Waals surface area contributed by atoms with E-state index in [1.54, 1.807) is 11.0 Å². The van der Waals surface area contributed by atoms with E-state index >= 15 is 0 Å². The van der Waals surface area contributed by atoms with Gasteiger partial charge in [0.25, 0.3) is 0 Å². The Hall–Kier alpha value is -1.36. The predicted molar refractivity (Wildman–Crippen MR) is 92.8 cm³/mol. The van der Waals surface area contributed by atoms with Crippen molar-refractivity contribution in [1.29, 1.82) is 0 Å². The average molecular weight is 337 g/mol. The van der Waals surface area contributed by atoms with Gasteiger partial charge in [-0.15, -0.1) is 0 Å². The van der Waals surface area contributed by atoms with E-state index in [0.29, 0.717) is 24.9 Å². The van der Waals surface area contributed by atoms with Crippen LogP contribution in [-0.2, 0) is 20.4 Å². The lowest BCUT2D eigenvalue weighted by Gasteiger charge is -2.36. The van der Waals surface area contributed by atoms with E-state index < -0.39 is 15.1 Å². The van der Waals surface area contributed by atoms with Crippen molar-refractivity contribution in [3.05, 3.63) is 35.4 Å². The number of benzene rings is 1. The SMILES string of the molecule is Cc1cccc(CS(=O)(=O)[C@@H](C)C(=O)N2C[C@H](C)C[C@H](C)C2)c1. The third kappa shape index (κ3) is 4.56. The van der Waals surface area contributed by atoms with Crippen molar-refractivity contribution < 1.29 is 13.2 Å². The molecule has 1 aromatic rings. The quantitative estimate of drug-likeness (QED) is 0.849. The summed E-state index contributed by atoms with van der Waals surface area (Å²) in [5, 5.41) is -0.986. The summed E-state index contributed by atoms with van der Waals surface area (Å²) in [6.07, 6.45) is 1.09. The van der Waals surface area contributed by atoms with E-state index in [-0.39, 0.29) is 11.7 Å². The summed E-state index contributed by atoms with van der Waals surface area (Å²) >= 11 is 0. The Labute approximate surface area is 139 Å². The van der Waals surface area contributed by atoms with Crippen molar-refractivity contribution in [2.45, 2.75) is 45.1 Å². The van der Waals surface area contributed by atoms with Gasteiger partial charge in [0.05, 0.1) is 5.75 Å². The molecule has 0 N–H and O–H groups in total. The molecule has 4 nitrogen and oxygen atoms in total. The lowest BCUT2D eigenvalue weighted by atomic mass is 9.92. The topological polar surface area (TPSA) is 54.5 Å². The van der Waals surface area contributed by atoms with E-state index in [2.05, 4.69) is 13.8 Å². The zero-order valence-electron chi connectivity index (χ0n) is 14.5. The first-order chi connectivity index (χ1) is 10.7. The smallest absolute Gasteiger partial charge is 0.240 e. The van der Waals surface area contributed by atoms with Gasteiger partial charge in [0.15, 0.2) is 9.84 Å². The van der Waals surface area contributed by atoms with Crippen LogP contribution >= 0.6 is 0 Å². The van der Waals surface area contributed by atoms with Crippen molar-refractivity contribution in [3.63, 3.8) is 0 Å². The molecule has 1 aliphatic heterocycles. The van der Waals surface area contributed by atoms with Crippen LogP contribution in [-0.4, -0.2) is 37.6 Å². The number of nitrogens with zero attached hydrogens (tertiary/aromatic N) is 1. The molecule has 3 atom stereocenters. The Morgan fingerprint density at radius 2 is 1.87 bits per heavy atom. The van der Waals surface area contributed by atoms with Crippen molar-refractivity contribution in [2.75, 3.05) is 13.1 Å². The van der Waals surface area contributed by atoms with Gasteiger partial charge in [0.1, 0.15) is 5.25 Å². The van der Waals surface area contributed by atoms with E-state index in [1.807, 2.05) is 25.1 Å². The molecule has 1 aliphatic rings. The third-order valence-corrected chi connectivity index (χ3v) is 6.53. The van der Waals surface area contributed by atoms with Crippen LogP contribution in [0.1, 0.15) is 38.3 Å². The Kier molecular flexibility index (Phi) is 5.50. The van der Waals surface area contributed by atoms with E-state index in [1.165, 1.54) is 6.92 Å². The molecular formula is C18H27NO3S. The second-order valence-electron chi connectivity index (χ2n) is 7.13. The molecule has 1 saturated heterocycles. The molecular weight excluding hydrogens is 310 g/mol. The van der Waals surface area contributed by atoms with Crippen molar-refractivity contribution in [3.8, 4) is 0 Å². The summed E-state index contributed by atoms with van der Waals surface area (Å²) in [4.78, 5) is 14.4. The molecule has 23 heavy (non-hydrogen) atoms. The van der Waals surface area contributed by atoms with Gasteiger partial charge >= 0.3 is 0 Å². The normalized spacial score (nSPS) is 23.6. The average Bonchev–Trinajstić information content (AvgIpc) is 2.44. The lowest BCUT2D eigenvalue weighted by Crippen LogP contribution is -2.48. The number of carbonyl (C=O) groups excluding carboxylic acids is 1. The monoisotopic (exact) mass is 337 g/mol. The van der Waals surface area contributed by atoms with Crippen LogP contribution in [0.5, 0.6) is 0 Å². The van der Waals surface area contributed by atoms with Crippen LogP contribution in [0.2, 0.25) is 0 Å². The first-order valence-corrected chi connectivity index (χ1v) is 9.96. The first kappa shape index (κ1) is 18.0. The zero-order valence-corrected chi connectivity index (χ0v) is 15.3. The maximum atomic E-state index is 12.6. The van der Waals surface area contributed by atoms with Crippen molar-refractivity contribution >= 4 is 15.7 Å². The van der Waals surface area contributed by atoms with Gasteiger partial charge in [-0.05, 0) is 37.7 Å². The third-order valence-electron chi connectivity index (χ3n) is 4.52. The molecule has 1 aromatic carbocycles. The van der Waals surface area contributed by atoms with Gasteiger partial charge in [-0.25, -0.2) is 8.42 Å². The minimum Gasteiger partial charge on any atom is -0.341 e. The van der Waals surface area contributed by atoms with Crippen molar-refractivity contribution in [2.24, 2.45) is 11.8 Å². The van der Waals surface area contributed by atoms with Gasteiger partial charge in [-0.2, -0.15) is 0 Å². The van der Waals surface area contributed by atoms with Gasteiger partial charge in [-0.1, -0.05) is 43.7 Å². The number of aryl methyl sites for hydroxylation is 1. The second kappa shape index (κ2) is 7.04. The maximum absolute atomic E-state index is 12.6. The number of carbonyl (C=O) groups is 1. The van der Waals surface area contributed by atoms with Crippen molar-refractivity contribution in [1.82, 2.24) is 4.90 Å². The lowest BCUT2D eigenvalue weighted by molar-refractivity contribution is -0.133. The highest BCUT2D eigenvalue weighted by atomic mass is 32.2. The first-order valence-electron chi connectivity index (χ1n) is 8.25. The Morgan fingerprint density at radius 1 is 1.26 bits per heavy atom. The molecule has 0 unspecified atom stereocenters. The summed E-state index contributed by atoms with van der Waals surface area (Å²) in [5.74, 6) is 0.514. The summed E-state index contributed by atoms with van der Waals surface area (Å²) in [6.45, 7) is 9.00. The molecule has 5 heteroatoms. The fourth-order valence-corrected chi connectivity index (χ4v) is 4.76. The number of rotatable bonds is 4. The Morgan fingerprint density at radius 3 is 2.43 bits per heavy atom.